The van der Waals surface area contributed by atoms with Crippen LogP contribution < -0.4 is 0 Å². The van der Waals surface area contributed by atoms with Gasteiger partial charge in [-0.15, -0.1) is 0 Å². The predicted molar refractivity (Wildman–Crippen MR) is 87.8 cm³/mol. The number of rotatable bonds is 6. The topological polar surface area (TPSA) is 23.5 Å². The van der Waals surface area contributed by atoms with E-state index in [9.17, 15) is 5.11 Å². The van der Waals surface area contributed by atoms with Gasteiger partial charge in [0.05, 0.1) is 6.10 Å². The molecule has 1 aliphatic carbocycles. The van der Waals surface area contributed by atoms with Crippen molar-refractivity contribution < 1.29 is 5.11 Å². The molecule has 1 saturated carbocycles. The third-order valence-corrected chi connectivity index (χ3v) is 4.91. The molecule has 0 heterocycles. The van der Waals surface area contributed by atoms with Crippen LogP contribution in [0.15, 0.2) is 28.7 Å². The lowest BCUT2D eigenvalue weighted by Crippen LogP contribution is -2.37. The van der Waals surface area contributed by atoms with Gasteiger partial charge in [-0.25, -0.2) is 0 Å². The Morgan fingerprint density at radius 1 is 1.30 bits per heavy atom. The summed E-state index contributed by atoms with van der Waals surface area (Å²) in [6, 6.07) is 8.75. The summed E-state index contributed by atoms with van der Waals surface area (Å²) < 4.78 is 1.04. The quantitative estimate of drug-likeness (QED) is 0.823. The molecule has 0 aliphatic heterocycles. The Morgan fingerprint density at radius 3 is 2.70 bits per heavy atom. The fraction of sp³-hybridized carbons (Fsp3) is 0.647. The molecule has 0 radical (unpaired) electrons. The van der Waals surface area contributed by atoms with E-state index < -0.39 is 0 Å². The van der Waals surface area contributed by atoms with E-state index in [2.05, 4.69) is 27.8 Å². The van der Waals surface area contributed by atoms with Crippen molar-refractivity contribution in [2.75, 3.05) is 13.1 Å². The van der Waals surface area contributed by atoms with Crippen LogP contribution in [0.4, 0.5) is 0 Å². The monoisotopic (exact) mass is 339 g/mol. The van der Waals surface area contributed by atoms with E-state index in [0.29, 0.717) is 0 Å². The SMILES string of the molecule is CCN(CCC(O)c1cccc(Br)c1)C1CCCCC1. The summed E-state index contributed by atoms with van der Waals surface area (Å²) >= 11 is 3.47. The summed E-state index contributed by atoms with van der Waals surface area (Å²) in [5.41, 5.74) is 1.01. The molecule has 20 heavy (non-hydrogen) atoms. The van der Waals surface area contributed by atoms with Crippen molar-refractivity contribution in [3.63, 3.8) is 0 Å². The Kier molecular flexibility index (Phi) is 6.53. The molecular weight excluding hydrogens is 314 g/mol. The lowest BCUT2D eigenvalue weighted by molar-refractivity contribution is 0.112. The van der Waals surface area contributed by atoms with E-state index in [1.54, 1.807) is 0 Å². The van der Waals surface area contributed by atoms with Crippen LogP contribution in [0.2, 0.25) is 0 Å². The van der Waals surface area contributed by atoms with E-state index >= 15 is 0 Å². The largest absolute Gasteiger partial charge is 0.388 e. The predicted octanol–water partition coefficient (Wildman–Crippen LogP) is 4.53. The minimum Gasteiger partial charge on any atom is -0.388 e. The highest BCUT2D eigenvalue weighted by molar-refractivity contribution is 9.10. The second-order valence-electron chi connectivity index (χ2n) is 5.78. The van der Waals surface area contributed by atoms with E-state index in [1.165, 1.54) is 32.1 Å². The summed E-state index contributed by atoms with van der Waals surface area (Å²) in [5.74, 6) is 0. The normalized spacial score (nSPS) is 18.4. The molecule has 3 heteroatoms. The molecule has 0 bridgehead atoms. The minimum atomic E-state index is -0.356. The standard InChI is InChI=1S/C17H26BrNO/c1-2-19(16-9-4-3-5-10-16)12-11-17(20)14-7-6-8-15(18)13-14/h6-8,13,16-17,20H,2-5,9-12H2,1H3. The van der Waals surface area contributed by atoms with Gasteiger partial charge in [-0.1, -0.05) is 54.2 Å². The molecule has 2 rings (SSSR count). The van der Waals surface area contributed by atoms with Gasteiger partial charge in [0.15, 0.2) is 0 Å². The third-order valence-electron chi connectivity index (χ3n) is 4.42. The van der Waals surface area contributed by atoms with Crippen LogP contribution in [0.1, 0.15) is 57.1 Å². The molecule has 2 nitrogen and oxygen atoms in total. The maximum Gasteiger partial charge on any atom is 0.0802 e. The van der Waals surface area contributed by atoms with Crippen LogP contribution in [0, 0.1) is 0 Å². The van der Waals surface area contributed by atoms with Gasteiger partial charge in [0.25, 0.3) is 0 Å². The Morgan fingerprint density at radius 2 is 2.05 bits per heavy atom. The number of nitrogens with zero attached hydrogens (tertiary/aromatic N) is 1. The van der Waals surface area contributed by atoms with Gasteiger partial charge in [0, 0.05) is 17.1 Å². The first kappa shape index (κ1) is 16.0. The van der Waals surface area contributed by atoms with Crippen molar-refractivity contribution in [3.05, 3.63) is 34.3 Å². The number of aliphatic hydroxyl groups excluding tert-OH is 1. The highest BCUT2D eigenvalue weighted by Gasteiger charge is 2.20. The van der Waals surface area contributed by atoms with Crippen LogP contribution in [0.3, 0.4) is 0 Å². The van der Waals surface area contributed by atoms with Crippen molar-refractivity contribution in [1.82, 2.24) is 4.90 Å². The van der Waals surface area contributed by atoms with E-state index in [0.717, 1.165) is 35.6 Å². The average Bonchev–Trinajstić information content (AvgIpc) is 2.49. The van der Waals surface area contributed by atoms with E-state index in [4.69, 9.17) is 0 Å². The molecular formula is C17H26BrNO. The molecule has 1 fully saturated rings. The summed E-state index contributed by atoms with van der Waals surface area (Å²) in [4.78, 5) is 2.56. The molecule has 1 N–H and O–H groups in total. The first-order valence-corrected chi connectivity index (χ1v) is 8.67. The number of aliphatic hydroxyl groups is 1. The molecule has 1 aromatic carbocycles. The van der Waals surface area contributed by atoms with Crippen molar-refractivity contribution in [2.24, 2.45) is 0 Å². The number of benzene rings is 1. The Labute approximate surface area is 131 Å². The zero-order chi connectivity index (χ0) is 14.4. The first-order valence-electron chi connectivity index (χ1n) is 7.88. The summed E-state index contributed by atoms with van der Waals surface area (Å²) in [7, 11) is 0. The molecule has 0 amide bonds. The van der Waals surface area contributed by atoms with Crippen molar-refractivity contribution >= 4 is 15.9 Å². The fourth-order valence-electron chi connectivity index (χ4n) is 3.21. The Bertz CT molecular complexity index is 404. The molecule has 0 saturated heterocycles. The average molecular weight is 340 g/mol. The summed E-state index contributed by atoms with van der Waals surface area (Å²) in [5, 5.41) is 10.3. The molecule has 1 aliphatic rings. The summed E-state index contributed by atoms with van der Waals surface area (Å²) in [6.45, 7) is 4.32. The van der Waals surface area contributed by atoms with Crippen LogP contribution in [-0.4, -0.2) is 29.1 Å². The Hall–Kier alpha value is -0.380. The highest BCUT2D eigenvalue weighted by Crippen LogP contribution is 2.25. The van der Waals surface area contributed by atoms with Crippen molar-refractivity contribution in [1.29, 1.82) is 0 Å². The van der Waals surface area contributed by atoms with E-state index in [1.807, 2.05) is 24.3 Å². The maximum absolute atomic E-state index is 10.3. The number of halogens is 1. The summed E-state index contributed by atoms with van der Waals surface area (Å²) in [6.07, 6.45) is 7.27. The lowest BCUT2D eigenvalue weighted by atomic mass is 9.94. The van der Waals surface area contributed by atoms with Crippen LogP contribution >= 0.6 is 15.9 Å². The zero-order valence-electron chi connectivity index (χ0n) is 12.4. The fourth-order valence-corrected chi connectivity index (χ4v) is 3.63. The van der Waals surface area contributed by atoms with E-state index in [-0.39, 0.29) is 6.10 Å². The Balaban J connectivity index is 1.85. The molecule has 112 valence electrons. The third kappa shape index (κ3) is 4.57. The van der Waals surface area contributed by atoms with Gasteiger partial charge in [-0.3, -0.25) is 0 Å². The molecule has 1 aromatic rings. The second-order valence-corrected chi connectivity index (χ2v) is 6.70. The number of hydrogen-bond donors (Lipinski definition) is 1. The molecule has 1 unspecified atom stereocenters. The van der Waals surface area contributed by atoms with Crippen molar-refractivity contribution in [2.45, 2.75) is 57.6 Å². The highest BCUT2D eigenvalue weighted by atomic mass is 79.9. The van der Waals surface area contributed by atoms with Crippen LogP contribution in [-0.2, 0) is 0 Å². The smallest absolute Gasteiger partial charge is 0.0802 e. The van der Waals surface area contributed by atoms with Gasteiger partial charge in [-0.05, 0) is 43.5 Å². The minimum absolute atomic E-state index is 0.356. The van der Waals surface area contributed by atoms with Gasteiger partial charge in [0.2, 0.25) is 0 Å². The van der Waals surface area contributed by atoms with Gasteiger partial charge < -0.3 is 10.0 Å². The van der Waals surface area contributed by atoms with Gasteiger partial charge in [-0.2, -0.15) is 0 Å². The van der Waals surface area contributed by atoms with Crippen molar-refractivity contribution in [3.8, 4) is 0 Å². The lowest BCUT2D eigenvalue weighted by Gasteiger charge is -2.34. The van der Waals surface area contributed by atoms with Crippen LogP contribution in [0.5, 0.6) is 0 Å². The second kappa shape index (κ2) is 8.16. The molecule has 0 spiro atoms. The number of hydrogen-bond acceptors (Lipinski definition) is 2. The maximum atomic E-state index is 10.3. The zero-order valence-corrected chi connectivity index (χ0v) is 14.0. The van der Waals surface area contributed by atoms with Gasteiger partial charge in [0.1, 0.15) is 0 Å². The molecule has 0 aromatic heterocycles. The van der Waals surface area contributed by atoms with Crippen LogP contribution in [0.25, 0.3) is 0 Å². The van der Waals surface area contributed by atoms with Gasteiger partial charge >= 0.3 is 0 Å². The first-order chi connectivity index (χ1) is 9.70. The molecule has 1 atom stereocenters.